The van der Waals surface area contributed by atoms with Crippen molar-refractivity contribution in [3.63, 3.8) is 0 Å². The van der Waals surface area contributed by atoms with Crippen molar-refractivity contribution in [2.24, 2.45) is 0 Å². The van der Waals surface area contributed by atoms with Crippen molar-refractivity contribution in [3.05, 3.63) is 28.2 Å². The first kappa shape index (κ1) is 14.5. The van der Waals surface area contributed by atoms with Gasteiger partial charge in [0.15, 0.2) is 0 Å². The molecular formula is C13H20BrNO2. The van der Waals surface area contributed by atoms with Crippen molar-refractivity contribution in [2.45, 2.75) is 19.4 Å². The molecule has 1 aromatic carbocycles. The first-order chi connectivity index (χ1) is 8.06. The van der Waals surface area contributed by atoms with E-state index in [0.717, 1.165) is 35.3 Å². The summed E-state index contributed by atoms with van der Waals surface area (Å²) in [6.07, 6.45) is 0.515. The molecule has 96 valence electrons. The summed E-state index contributed by atoms with van der Waals surface area (Å²) in [4.78, 5) is 2.14. The van der Waals surface area contributed by atoms with E-state index >= 15 is 0 Å². The lowest BCUT2D eigenvalue weighted by Crippen LogP contribution is -2.21. The quantitative estimate of drug-likeness (QED) is 0.820. The van der Waals surface area contributed by atoms with Crippen LogP contribution in [0.4, 0.5) is 5.69 Å². The summed E-state index contributed by atoms with van der Waals surface area (Å²) in [6, 6.07) is 5.94. The SMILES string of the molecule is COCCCN(C)c1cc(Br)ccc1C(C)O. The molecular weight excluding hydrogens is 282 g/mol. The van der Waals surface area contributed by atoms with Crippen LogP contribution in [0.5, 0.6) is 0 Å². The highest BCUT2D eigenvalue weighted by atomic mass is 79.9. The smallest absolute Gasteiger partial charge is 0.0782 e. The zero-order valence-corrected chi connectivity index (χ0v) is 12.2. The van der Waals surface area contributed by atoms with E-state index in [2.05, 4.69) is 20.8 Å². The van der Waals surface area contributed by atoms with Crippen LogP contribution in [0.3, 0.4) is 0 Å². The Bertz CT molecular complexity index is 355. The molecule has 1 aromatic rings. The van der Waals surface area contributed by atoms with E-state index in [4.69, 9.17) is 4.74 Å². The van der Waals surface area contributed by atoms with E-state index < -0.39 is 6.10 Å². The number of rotatable bonds is 6. The van der Waals surface area contributed by atoms with Crippen LogP contribution in [0.15, 0.2) is 22.7 Å². The predicted molar refractivity (Wildman–Crippen MR) is 74.5 cm³/mol. The predicted octanol–water partition coefficient (Wildman–Crippen LogP) is 2.98. The number of methoxy groups -OCH3 is 1. The van der Waals surface area contributed by atoms with Crippen molar-refractivity contribution in [1.82, 2.24) is 0 Å². The van der Waals surface area contributed by atoms with Crippen LogP contribution >= 0.6 is 15.9 Å². The molecule has 3 nitrogen and oxygen atoms in total. The fourth-order valence-corrected chi connectivity index (χ4v) is 2.12. The van der Waals surface area contributed by atoms with Crippen LogP contribution in [-0.4, -0.2) is 32.4 Å². The summed E-state index contributed by atoms with van der Waals surface area (Å²) in [5, 5.41) is 9.75. The Balaban J connectivity index is 2.82. The highest BCUT2D eigenvalue weighted by molar-refractivity contribution is 9.10. The van der Waals surface area contributed by atoms with E-state index in [-0.39, 0.29) is 0 Å². The fourth-order valence-electron chi connectivity index (χ4n) is 1.77. The molecule has 0 aromatic heterocycles. The van der Waals surface area contributed by atoms with Gasteiger partial charge < -0.3 is 14.7 Å². The molecule has 17 heavy (non-hydrogen) atoms. The molecule has 0 radical (unpaired) electrons. The molecule has 1 N–H and O–H groups in total. The average Bonchev–Trinajstić information content (AvgIpc) is 2.28. The lowest BCUT2D eigenvalue weighted by Gasteiger charge is -2.24. The molecule has 0 saturated heterocycles. The minimum atomic E-state index is -0.456. The lowest BCUT2D eigenvalue weighted by atomic mass is 10.1. The summed E-state index contributed by atoms with van der Waals surface area (Å²) in [6.45, 7) is 3.45. The monoisotopic (exact) mass is 301 g/mol. The molecule has 1 unspecified atom stereocenters. The molecule has 1 atom stereocenters. The number of anilines is 1. The van der Waals surface area contributed by atoms with Gasteiger partial charge in [0.05, 0.1) is 6.10 Å². The maximum absolute atomic E-state index is 9.75. The largest absolute Gasteiger partial charge is 0.389 e. The Morgan fingerprint density at radius 3 is 2.76 bits per heavy atom. The summed E-state index contributed by atoms with van der Waals surface area (Å²) in [5.41, 5.74) is 2.01. The molecule has 0 aliphatic heterocycles. The number of benzene rings is 1. The Morgan fingerprint density at radius 1 is 1.47 bits per heavy atom. The van der Waals surface area contributed by atoms with E-state index in [1.807, 2.05) is 25.2 Å². The zero-order chi connectivity index (χ0) is 12.8. The standard InChI is InChI=1S/C13H20BrNO2/c1-10(16)12-6-5-11(14)9-13(12)15(2)7-4-8-17-3/h5-6,9-10,16H,4,7-8H2,1-3H3. The highest BCUT2D eigenvalue weighted by Crippen LogP contribution is 2.29. The summed E-state index contributed by atoms with van der Waals surface area (Å²) < 4.78 is 6.07. The summed E-state index contributed by atoms with van der Waals surface area (Å²) >= 11 is 3.46. The normalized spacial score (nSPS) is 12.5. The average molecular weight is 302 g/mol. The number of aliphatic hydroxyl groups excluding tert-OH is 1. The van der Waals surface area contributed by atoms with Crippen LogP contribution in [0.1, 0.15) is 25.0 Å². The zero-order valence-electron chi connectivity index (χ0n) is 10.6. The fraction of sp³-hybridized carbons (Fsp3) is 0.538. The van der Waals surface area contributed by atoms with E-state index in [9.17, 15) is 5.11 Å². The van der Waals surface area contributed by atoms with Gasteiger partial charge in [-0.2, -0.15) is 0 Å². The van der Waals surface area contributed by atoms with Gasteiger partial charge in [-0.1, -0.05) is 22.0 Å². The van der Waals surface area contributed by atoms with Crippen LogP contribution in [0.25, 0.3) is 0 Å². The second kappa shape index (κ2) is 6.99. The Labute approximate surface area is 112 Å². The first-order valence-electron chi connectivity index (χ1n) is 5.74. The van der Waals surface area contributed by atoms with E-state index in [1.165, 1.54) is 0 Å². The van der Waals surface area contributed by atoms with Gasteiger partial charge in [0.25, 0.3) is 0 Å². The van der Waals surface area contributed by atoms with Gasteiger partial charge in [0.1, 0.15) is 0 Å². The second-order valence-corrected chi connectivity index (χ2v) is 5.06. The van der Waals surface area contributed by atoms with E-state index in [1.54, 1.807) is 14.0 Å². The Kier molecular flexibility index (Phi) is 5.95. The molecule has 0 heterocycles. The minimum Gasteiger partial charge on any atom is -0.389 e. The number of hydrogen-bond donors (Lipinski definition) is 1. The molecule has 4 heteroatoms. The number of nitrogens with zero attached hydrogens (tertiary/aromatic N) is 1. The van der Waals surface area contributed by atoms with Gasteiger partial charge in [-0.25, -0.2) is 0 Å². The third kappa shape index (κ3) is 4.30. The van der Waals surface area contributed by atoms with Crippen LogP contribution in [-0.2, 0) is 4.74 Å². The molecule has 0 fully saturated rings. The third-order valence-corrected chi connectivity index (χ3v) is 3.19. The van der Waals surface area contributed by atoms with Crippen LogP contribution in [0.2, 0.25) is 0 Å². The van der Waals surface area contributed by atoms with Crippen molar-refractivity contribution in [1.29, 1.82) is 0 Å². The van der Waals surface area contributed by atoms with Crippen LogP contribution in [0, 0.1) is 0 Å². The van der Waals surface area contributed by atoms with Gasteiger partial charge in [0.2, 0.25) is 0 Å². The van der Waals surface area contributed by atoms with Crippen molar-refractivity contribution < 1.29 is 9.84 Å². The summed E-state index contributed by atoms with van der Waals surface area (Å²) in [5.74, 6) is 0. The number of ether oxygens (including phenoxy) is 1. The van der Waals surface area contributed by atoms with Crippen molar-refractivity contribution in [2.75, 3.05) is 32.2 Å². The first-order valence-corrected chi connectivity index (χ1v) is 6.53. The summed E-state index contributed by atoms with van der Waals surface area (Å²) in [7, 11) is 3.74. The van der Waals surface area contributed by atoms with Gasteiger partial charge in [-0.05, 0) is 25.5 Å². The maximum Gasteiger partial charge on any atom is 0.0782 e. The molecule has 0 aliphatic carbocycles. The van der Waals surface area contributed by atoms with Crippen LogP contribution < -0.4 is 4.90 Å². The molecule has 0 bridgehead atoms. The van der Waals surface area contributed by atoms with Gasteiger partial charge in [-0.3, -0.25) is 0 Å². The molecule has 0 spiro atoms. The minimum absolute atomic E-state index is 0.456. The van der Waals surface area contributed by atoms with Gasteiger partial charge in [-0.15, -0.1) is 0 Å². The van der Waals surface area contributed by atoms with Crippen molar-refractivity contribution in [3.8, 4) is 0 Å². The Morgan fingerprint density at radius 2 is 2.18 bits per heavy atom. The number of aliphatic hydroxyl groups is 1. The molecule has 0 amide bonds. The van der Waals surface area contributed by atoms with Crippen molar-refractivity contribution >= 4 is 21.6 Å². The van der Waals surface area contributed by atoms with Gasteiger partial charge >= 0.3 is 0 Å². The highest BCUT2D eigenvalue weighted by Gasteiger charge is 2.11. The topological polar surface area (TPSA) is 32.7 Å². The lowest BCUT2D eigenvalue weighted by molar-refractivity contribution is 0.195. The molecule has 0 saturated carbocycles. The second-order valence-electron chi connectivity index (χ2n) is 4.15. The molecule has 1 rings (SSSR count). The third-order valence-electron chi connectivity index (χ3n) is 2.70. The Hall–Kier alpha value is -0.580. The maximum atomic E-state index is 9.75. The molecule has 0 aliphatic rings. The van der Waals surface area contributed by atoms with E-state index in [0.29, 0.717) is 0 Å². The number of hydrogen-bond acceptors (Lipinski definition) is 3. The number of halogens is 1. The van der Waals surface area contributed by atoms with Gasteiger partial charge in [0, 0.05) is 43.0 Å².